The van der Waals surface area contributed by atoms with E-state index in [0.29, 0.717) is 17.9 Å². The molecule has 0 fully saturated rings. The molecule has 2 atom stereocenters. The van der Waals surface area contributed by atoms with Gasteiger partial charge in [-0.3, -0.25) is 5.41 Å². The minimum Gasteiger partial charge on any atom is -0.493 e. The molecule has 118 valence electrons. The normalized spacial score (nSPS) is 20.7. The van der Waals surface area contributed by atoms with Gasteiger partial charge >= 0.3 is 0 Å². The molecule has 1 heterocycles. The number of unbranched alkanes of at least 4 members (excludes halogenated alkanes) is 1. The van der Waals surface area contributed by atoms with Crippen LogP contribution in [0.3, 0.4) is 0 Å². The number of hydrogen-bond acceptors (Lipinski definition) is 6. The van der Waals surface area contributed by atoms with Gasteiger partial charge in [-0.25, -0.2) is 0 Å². The number of thioether (sulfide) groups is 1. The van der Waals surface area contributed by atoms with Crippen LogP contribution in [-0.4, -0.2) is 11.7 Å². The van der Waals surface area contributed by atoms with Crippen molar-refractivity contribution < 1.29 is 4.74 Å². The van der Waals surface area contributed by atoms with Crippen molar-refractivity contribution in [2.45, 2.75) is 25.7 Å². The van der Waals surface area contributed by atoms with Crippen molar-refractivity contribution in [3.8, 4) is 17.9 Å². The zero-order chi connectivity index (χ0) is 16.8. The number of allylic oxidation sites excluding steroid dienone is 1. The molecular weight excluding hydrogens is 308 g/mol. The fourth-order valence-corrected chi connectivity index (χ4v) is 3.33. The predicted octanol–water partition coefficient (Wildman–Crippen LogP) is 3.51. The minimum atomic E-state index is -0.724. The van der Waals surface area contributed by atoms with Crippen LogP contribution in [0.25, 0.3) is 0 Å². The van der Waals surface area contributed by atoms with Crippen molar-refractivity contribution in [1.82, 2.24) is 0 Å². The zero-order valence-electron chi connectivity index (χ0n) is 12.9. The van der Waals surface area contributed by atoms with Crippen LogP contribution in [0.1, 0.15) is 31.2 Å². The van der Waals surface area contributed by atoms with E-state index in [1.165, 1.54) is 0 Å². The third-order valence-corrected chi connectivity index (χ3v) is 4.59. The van der Waals surface area contributed by atoms with Gasteiger partial charge in [-0.2, -0.15) is 10.5 Å². The number of ether oxygens (including phenoxy) is 1. The highest BCUT2D eigenvalue weighted by atomic mass is 32.2. The summed E-state index contributed by atoms with van der Waals surface area (Å²) in [6.07, 6.45) is 1.94. The molecule has 1 aliphatic rings. The van der Waals surface area contributed by atoms with Crippen LogP contribution in [0.15, 0.2) is 34.9 Å². The Morgan fingerprint density at radius 2 is 2.09 bits per heavy atom. The molecule has 6 heteroatoms. The molecule has 0 amide bonds. The van der Waals surface area contributed by atoms with Crippen molar-refractivity contribution in [3.63, 3.8) is 0 Å². The largest absolute Gasteiger partial charge is 0.493 e. The van der Waals surface area contributed by atoms with Gasteiger partial charge in [-0.1, -0.05) is 43.3 Å². The van der Waals surface area contributed by atoms with Gasteiger partial charge in [0.15, 0.2) is 0 Å². The number of para-hydroxylation sites is 1. The molecule has 0 saturated carbocycles. The van der Waals surface area contributed by atoms with Gasteiger partial charge in [0.25, 0.3) is 0 Å². The maximum atomic E-state index is 9.48. The summed E-state index contributed by atoms with van der Waals surface area (Å²) in [5.74, 6) is -0.638. The molecule has 0 unspecified atom stereocenters. The average molecular weight is 326 g/mol. The highest BCUT2D eigenvalue weighted by Crippen LogP contribution is 2.45. The van der Waals surface area contributed by atoms with Gasteiger partial charge in [0.05, 0.1) is 34.4 Å². The van der Waals surface area contributed by atoms with Crippen LogP contribution in [0.2, 0.25) is 0 Å². The van der Waals surface area contributed by atoms with Crippen molar-refractivity contribution in [2.75, 3.05) is 6.61 Å². The molecule has 23 heavy (non-hydrogen) atoms. The monoisotopic (exact) mass is 326 g/mol. The van der Waals surface area contributed by atoms with Crippen LogP contribution in [0.4, 0.5) is 0 Å². The van der Waals surface area contributed by atoms with E-state index in [1.54, 1.807) is 0 Å². The molecule has 5 nitrogen and oxygen atoms in total. The maximum Gasteiger partial charge on any atom is 0.123 e. The second-order valence-corrected chi connectivity index (χ2v) is 6.26. The molecule has 1 aliphatic heterocycles. The summed E-state index contributed by atoms with van der Waals surface area (Å²) in [5, 5.41) is 27.4. The van der Waals surface area contributed by atoms with Crippen LogP contribution in [0.5, 0.6) is 5.75 Å². The first-order valence-electron chi connectivity index (χ1n) is 7.41. The standard InChI is InChI=1S/C17H18N4OS/c1-2-3-8-22-14-7-5-4-6-11(14)15-12(9-18)16(20)23-17(21)13(15)10-19/h4-7,12,15,20H,2-3,8,21H2,1H3/t12-,15+/m0/s1. The number of nitriles is 2. The summed E-state index contributed by atoms with van der Waals surface area (Å²) in [6.45, 7) is 2.66. The lowest BCUT2D eigenvalue weighted by molar-refractivity contribution is 0.304. The van der Waals surface area contributed by atoms with Crippen LogP contribution in [-0.2, 0) is 0 Å². The van der Waals surface area contributed by atoms with Crippen LogP contribution >= 0.6 is 11.8 Å². The Balaban J connectivity index is 2.49. The third-order valence-electron chi connectivity index (χ3n) is 3.68. The number of rotatable bonds is 5. The topological polar surface area (TPSA) is 107 Å². The summed E-state index contributed by atoms with van der Waals surface area (Å²) in [7, 11) is 0. The Kier molecular flexibility index (Phi) is 5.67. The zero-order valence-corrected chi connectivity index (χ0v) is 13.7. The molecule has 0 aliphatic carbocycles. The molecule has 1 aromatic carbocycles. The smallest absolute Gasteiger partial charge is 0.123 e. The number of nitrogens with one attached hydrogen (secondary N) is 1. The molecule has 2 rings (SSSR count). The van der Waals surface area contributed by atoms with Crippen molar-refractivity contribution in [2.24, 2.45) is 11.7 Å². The van der Waals surface area contributed by atoms with Gasteiger partial charge in [-0.15, -0.1) is 0 Å². The summed E-state index contributed by atoms with van der Waals surface area (Å²) in [5.41, 5.74) is 7.00. The van der Waals surface area contributed by atoms with E-state index in [2.05, 4.69) is 19.1 Å². The molecular formula is C17H18N4OS. The first-order valence-corrected chi connectivity index (χ1v) is 8.23. The number of benzene rings is 1. The van der Waals surface area contributed by atoms with Gasteiger partial charge in [0.2, 0.25) is 0 Å². The number of hydrogen-bond donors (Lipinski definition) is 2. The van der Waals surface area contributed by atoms with Crippen LogP contribution < -0.4 is 10.5 Å². The van der Waals surface area contributed by atoms with Gasteiger partial charge < -0.3 is 10.5 Å². The summed E-state index contributed by atoms with van der Waals surface area (Å²) in [4.78, 5) is 0. The van der Waals surface area contributed by atoms with Crippen molar-refractivity contribution in [1.29, 1.82) is 15.9 Å². The quantitative estimate of drug-likeness (QED) is 0.805. The maximum absolute atomic E-state index is 9.48. The van der Waals surface area contributed by atoms with E-state index < -0.39 is 11.8 Å². The molecule has 3 N–H and O–H groups in total. The molecule has 0 aromatic heterocycles. The number of nitrogens with zero attached hydrogens (tertiary/aromatic N) is 2. The average Bonchev–Trinajstić information content (AvgIpc) is 2.55. The van der Waals surface area contributed by atoms with Gasteiger partial charge in [0.1, 0.15) is 11.7 Å². The molecule has 0 bridgehead atoms. The molecule has 0 saturated heterocycles. The third kappa shape index (κ3) is 3.49. The van der Waals surface area contributed by atoms with E-state index >= 15 is 0 Å². The lowest BCUT2D eigenvalue weighted by Gasteiger charge is -2.29. The SMILES string of the molecule is CCCCOc1ccccc1[C@H]1C(C#N)=C(N)SC(=N)[C@H]1C#N. The summed E-state index contributed by atoms with van der Waals surface area (Å²) < 4.78 is 5.83. The Bertz CT molecular complexity index is 714. The second kappa shape index (κ2) is 7.71. The fourth-order valence-electron chi connectivity index (χ4n) is 2.50. The molecule has 1 aromatic rings. The molecule has 0 spiro atoms. The Morgan fingerprint density at radius 3 is 2.74 bits per heavy atom. The number of nitrogens with two attached hydrogens (primary N) is 1. The highest BCUT2D eigenvalue weighted by molar-refractivity contribution is 8.17. The van der Waals surface area contributed by atoms with E-state index in [0.717, 1.165) is 30.2 Å². The van der Waals surface area contributed by atoms with E-state index in [1.807, 2.05) is 24.3 Å². The molecule has 0 radical (unpaired) electrons. The van der Waals surface area contributed by atoms with E-state index in [4.69, 9.17) is 15.9 Å². The highest BCUT2D eigenvalue weighted by Gasteiger charge is 2.38. The van der Waals surface area contributed by atoms with E-state index in [-0.39, 0.29) is 10.1 Å². The fraction of sp³-hybridized carbons (Fsp3) is 0.353. The lowest BCUT2D eigenvalue weighted by atomic mass is 9.81. The Hall–Kier alpha value is -2.44. The lowest BCUT2D eigenvalue weighted by Crippen LogP contribution is -2.27. The van der Waals surface area contributed by atoms with Crippen molar-refractivity contribution in [3.05, 3.63) is 40.4 Å². The summed E-state index contributed by atoms with van der Waals surface area (Å²) >= 11 is 0.987. The summed E-state index contributed by atoms with van der Waals surface area (Å²) in [6, 6.07) is 11.6. The van der Waals surface area contributed by atoms with E-state index in [9.17, 15) is 10.5 Å². The Labute approximate surface area is 140 Å². The minimum absolute atomic E-state index is 0.164. The first kappa shape index (κ1) is 16.9. The van der Waals surface area contributed by atoms with Gasteiger partial charge in [0, 0.05) is 11.5 Å². The second-order valence-electron chi connectivity index (χ2n) is 5.18. The predicted molar refractivity (Wildman–Crippen MR) is 90.8 cm³/mol. The first-order chi connectivity index (χ1) is 11.1. The Morgan fingerprint density at radius 1 is 1.35 bits per heavy atom. The van der Waals surface area contributed by atoms with Gasteiger partial charge in [-0.05, 0) is 12.5 Å². The van der Waals surface area contributed by atoms with Crippen molar-refractivity contribution >= 4 is 16.8 Å². The van der Waals surface area contributed by atoms with Crippen LogP contribution in [0, 0.1) is 34.0 Å².